The fraction of sp³-hybridized carbons (Fsp3) is 0.467. The van der Waals surface area contributed by atoms with Crippen molar-refractivity contribution >= 4 is 22.9 Å². The standard InChI is InChI=1S/C15H18N4O3/c1-9(2)19-13-10(8-17-19)6-11(7-16-13)14(20)18-5-3-4-12(18)15(21)22/h6-9,12H,3-5H2,1-2H3,(H,21,22)/t12-/m1/s1. The quantitative estimate of drug-likeness (QED) is 0.932. The van der Waals surface area contributed by atoms with Gasteiger partial charge in [0.2, 0.25) is 0 Å². The van der Waals surface area contributed by atoms with Crippen molar-refractivity contribution in [2.45, 2.75) is 38.8 Å². The number of carboxylic acids is 1. The van der Waals surface area contributed by atoms with E-state index in [2.05, 4.69) is 10.1 Å². The molecule has 0 saturated carbocycles. The molecule has 0 unspecified atom stereocenters. The molecule has 2 aromatic rings. The van der Waals surface area contributed by atoms with Gasteiger partial charge in [0.25, 0.3) is 5.91 Å². The molecule has 0 aliphatic carbocycles. The lowest BCUT2D eigenvalue weighted by atomic mass is 10.2. The number of hydrogen-bond acceptors (Lipinski definition) is 4. The van der Waals surface area contributed by atoms with Gasteiger partial charge < -0.3 is 10.0 Å². The van der Waals surface area contributed by atoms with Crippen LogP contribution in [0.2, 0.25) is 0 Å². The minimum absolute atomic E-state index is 0.182. The maximum atomic E-state index is 12.5. The Morgan fingerprint density at radius 2 is 2.14 bits per heavy atom. The number of amides is 1. The molecule has 3 heterocycles. The van der Waals surface area contributed by atoms with E-state index in [4.69, 9.17) is 0 Å². The third kappa shape index (κ3) is 2.32. The molecule has 1 aliphatic heterocycles. The van der Waals surface area contributed by atoms with Gasteiger partial charge in [0, 0.05) is 24.2 Å². The van der Waals surface area contributed by atoms with Crippen molar-refractivity contribution in [3.8, 4) is 0 Å². The second-order valence-corrected chi connectivity index (χ2v) is 5.81. The molecule has 0 aromatic carbocycles. The highest BCUT2D eigenvalue weighted by atomic mass is 16.4. The molecular formula is C15H18N4O3. The predicted octanol–water partition coefficient (Wildman–Crippen LogP) is 1.70. The summed E-state index contributed by atoms with van der Waals surface area (Å²) in [4.78, 5) is 29.5. The van der Waals surface area contributed by atoms with Gasteiger partial charge in [-0.2, -0.15) is 5.10 Å². The smallest absolute Gasteiger partial charge is 0.326 e. The van der Waals surface area contributed by atoms with E-state index in [0.29, 0.717) is 24.9 Å². The van der Waals surface area contributed by atoms with E-state index in [1.165, 1.54) is 11.1 Å². The van der Waals surface area contributed by atoms with E-state index >= 15 is 0 Å². The minimum Gasteiger partial charge on any atom is -0.480 e. The first kappa shape index (κ1) is 14.5. The number of hydrogen-bond donors (Lipinski definition) is 1. The van der Waals surface area contributed by atoms with Crippen molar-refractivity contribution in [3.05, 3.63) is 24.0 Å². The van der Waals surface area contributed by atoms with E-state index in [0.717, 1.165) is 11.0 Å². The van der Waals surface area contributed by atoms with Crippen molar-refractivity contribution in [2.24, 2.45) is 0 Å². The third-order valence-electron chi connectivity index (χ3n) is 3.97. The molecule has 1 fully saturated rings. The summed E-state index contributed by atoms with van der Waals surface area (Å²) in [6, 6.07) is 1.18. The average Bonchev–Trinajstić information content (AvgIpc) is 3.12. The highest BCUT2D eigenvalue weighted by Gasteiger charge is 2.34. The van der Waals surface area contributed by atoms with E-state index in [1.54, 1.807) is 16.9 Å². The fourth-order valence-corrected chi connectivity index (χ4v) is 2.87. The Morgan fingerprint density at radius 3 is 2.82 bits per heavy atom. The molecular weight excluding hydrogens is 284 g/mol. The molecule has 22 heavy (non-hydrogen) atoms. The number of pyridine rings is 1. The number of carbonyl (C=O) groups excluding carboxylic acids is 1. The van der Waals surface area contributed by atoms with Crippen LogP contribution in [0.5, 0.6) is 0 Å². The second-order valence-electron chi connectivity index (χ2n) is 5.81. The molecule has 0 bridgehead atoms. The highest BCUT2D eigenvalue weighted by molar-refractivity contribution is 5.99. The Morgan fingerprint density at radius 1 is 1.36 bits per heavy atom. The molecule has 7 heteroatoms. The van der Waals surface area contributed by atoms with Gasteiger partial charge in [0.15, 0.2) is 5.65 Å². The number of rotatable bonds is 3. The topological polar surface area (TPSA) is 88.3 Å². The van der Waals surface area contributed by atoms with Gasteiger partial charge in [-0.05, 0) is 32.8 Å². The van der Waals surface area contributed by atoms with E-state index < -0.39 is 12.0 Å². The summed E-state index contributed by atoms with van der Waals surface area (Å²) in [5.74, 6) is -1.23. The number of carboxylic acid groups (broad SMARTS) is 1. The van der Waals surface area contributed by atoms with Crippen LogP contribution in [0, 0.1) is 0 Å². The lowest BCUT2D eigenvalue weighted by Crippen LogP contribution is -2.40. The summed E-state index contributed by atoms with van der Waals surface area (Å²) in [5.41, 5.74) is 1.13. The fourth-order valence-electron chi connectivity index (χ4n) is 2.87. The molecule has 1 aliphatic rings. The van der Waals surface area contributed by atoms with Crippen molar-refractivity contribution < 1.29 is 14.7 Å². The summed E-state index contributed by atoms with van der Waals surface area (Å²) in [7, 11) is 0. The van der Waals surface area contributed by atoms with Crippen LogP contribution in [0.1, 0.15) is 43.1 Å². The summed E-state index contributed by atoms with van der Waals surface area (Å²) in [5, 5.41) is 14.2. The van der Waals surface area contributed by atoms with Crippen molar-refractivity contribution in [1.82, 2.24) is 19.7 Å². The Kier molecular flexibility index (Phi) is 3.56. The number of aromatic nitrogens is 3. The lowest BCUT2D eigenvalue weighted by Gasteiger charge is -2.21. The second kappa shape index (κ2) is 5.40. The molecule has 1 atom stereocenters. The van der Waals surface area contributed by atoms with Crippen LogP contribution in [0.25, 0.3) is 11.0 Å². The van der Waals surface area contributed by atoms with E-state index in [-0.39, 0.29) is 11.9 Å². The Bertz CT molecular complexity index is 737. The molecule has 2 aromatic heterocycles. The van der Waals surface area contributed by atoms with E-state index in [9.17, 15) is 14.7 Å². The van der Waals surface area contributed by atoms with Gasteiger partial charge in [-0.15, -0.1) is 0 Å². The maximum absolute atomic E-state index is 12.5. The minimum atomic E-state index is -0.951. The zero-order valence-electron chi connectivity index (χ0n) is 12.6. The predicted molar refractivity (Wildman–Crippen MR) is 79.6 cm³/mol. The highest BCUT2D eigenvalue weighted by Crippen LogP contribution is 2.22. The molecule has 7 nitrogen and oxygen atoms in total. The summed E-state index contributed by atoms with van der Waals surface area (Å²) < 4.78 is 1.79. The van der Waals surface area contributed by atoms with E-state index in [1.807, 2.05) is 13.8 Å². The van der Waals surface area contributed by atoms with Crippen molar-refractivity contribution in [3.63, 3.8) is 0 Å². The monoisotopic (exact) mass is 302 g/mol. The molecule has 1 N–H and O–H groups in total. The van der Waals surface area contributed by atoms with Gasteiger partial charge in [0.05, 0.1) is 11.8 Å². The first-order valence-electron chi connectivity index (χ1n) is 7.36. The zero-order valence-corrected chi connectivity index (χ0v) is 12.6. The van der Waals surface area contributed by atoms with Crippen molar-refractivity contribution in [1.29, 1.82) is 0 Å². The van der Waals surface area contributed by atoms with Crippen LogP contribution in [0.15, 0.2) is 18.5 Å². The van der Waals surface area contributed by atoms with Crippen LogP contribution >= 0.6 is 0 Å². The molecule has 1 amide bonds. The number of carbonyl (C=O) groups is 2. The number of likely N-dealkylation sites (tertiary alicyclic amines) is 1. The van der Waals surface area contributed by atoms with Gasteiger partial charge in [-0.1, -0.05) is 0 Å². The molecule has 0 radical (unpaired) electrons. The third-order valence-corrected chi connectivity index (χ3v) is 3.97. The SMILES string of the molecule is CC(C)n1ncc2cc(C(=O)N3CCC[C@@H]3C(=O)O)cnc21. The van der Waals surface area contributed by atoms with Gasteiger partial charge in [0.1, 0.15) is 6.04 Å². The summed E-state index contributed by atoms with van der Waals surface area (Å²) >= 11 is 0. The first-order valence-corrected chi connectivity index (χ1v) is 7.36. The number of nitrogens with zero attached hydrogens (tertiary/aromatic N) is 4. The molecule has 1 saturated heterocycles. The normalized spacial score (nSPS) is 18.3. The van der Waals surface area contributed by atoms with Gasteiger partial charge in [-0.25, -0.2) is 14.5 Å². The number of fused-ring (bicyclic) bond motifs is 1. The largest absolute Gasteiger partial charge is 0.480 e. The molecule has 116 valence electrons. The van der Waals surface area contributed by atoms with Crippen LogP contribution < -0.4 is 0 Å². The molecule has 0 spiro atoms. The van der Waals surface area contributed by atoms with Crippen molar-refractivity contribution in [2.75, 3.05) is 6.54 Å². The average molecular weight is 302 g/mol. The Balaban J connectivity index is 1.93. The Hall–Kier alpha value is -2.44. The lowest BCUT2D eigenvalue weighted by molar-refractivity contribution is -0.141. The first-order chi connectivity index (χ1) is 10.5. The number of aliphatic carboxylic acids is 1. The van der Waals surface area contributed by atoms with Gasteiger partial charge in [-0.3, -0.25) is 4.79 Å². The Labute approximate surface area is 127 Å². The van der Waals surface area contributed by atoms with Crippen LogP contribution in [-0.4, -0.2) is 49.2 Å². The van der Waals surface area contributed by atoms with Gasteiger partial charge >= 0.3 is 5.97 Å². The van der Waals surface area contributed by atoms with Crippen LogP contribution in [0.3, 0.4) is 0 Å². The zero-order chi connectivity index (χ0) is 15.9. The summed E-state index contributed by atoms with van der Waals surface area (Å²) in [6.45, 7) is 4.49. The summed E-state index contributed by atoms with van der Waals surface area (Å²) in [6.07, 6.45) is 4.39. The van der Waals surface area contributed by atoms with Crippen LogP contribution in [-0.2, 0) is 4.79 Å². The maximum Gasteiger partial charge on any atom is 0.326 e. The van der Waals surface area contributed by atoms with Crippen LogP contribution in [0.4, 0.5) is 0 Å². The molecule has 3 rings (SSSR count).